The largest absolute Gasteiger partial charge is 0.302 e. The fraction of sp³-hybridized carbons (Fsp3) is 0.308. The molecule has 1 heterocycles. The van der Waals surface area contributed by atoms with Gasteiger partial charge < -0.3 is 5.32 Å². The van der Waals surface area contributed by atoms with Crippen molar-refractivity contribution in [3.8, 4) is 0 Å². The minimum absolute atomic E-state index is 0.0631. The van der Waals surface area contributed by atoms with Crippen molar-refractivity contribution in [1.82, 2.24) is 5.32 Å². The first-order chi connectivity index (χ1) is 8.52. The van der Waals surface area contributed by atoms with E-state index in [2.05, 4.69) is 5.32 Å². The van der Waals surface area contributed by atoms with Crippen molar-refractivity contribution in [2.24, 2.45) is 11.8 Å². The SMILES string of the molecule is CC(C)[C@H]1C(=O)NC(=S)N(c2ccccc2)C1=O. The molecule has 1 N–H and O–H groups in total. The molecule has 0 aliphatic carbocycles. The second kappa shape index (κ2) is 4.86. The number of hydrogen-bond acceptors (Lipinski definition) is 3. The molecule has 94 valence electrons. The van der Waals surface area contributed by atoms with Crippen molar-refractivity contribution in [3.05, 3.63) is 30.3 Å². The molecule has 1 atom stereocenters. The Morgan fingerprint density at radius 1 is 1.22 bits per heavy atom. The molecule has 4 nitrogen and oxygen atoms in total. The Kier molecular flexibility index (Phi) is 3.43. The Hall–Kier alpha value is -1.75. The molecule has 0 radical (unpaired) electrons. The van der Waals surface area contributed by atoms with Gasteiger partial charge >= 0.3 is 0 Å². The van der Waals surface area contributed by atoms with Crippen LogP contribution in [0, 0.1) is 11.8 Å². The standard InChI is InChI=1S/C13H14N2O2S/c1-8(2)10-11(16)14-13(18)15(12(10)17)9-6-4-3-5-7-9/h3-8,10H,1-2H3,(H,14,16,18)/t10-/m0/s1. The molecule has 18 heavy (non-hydrogen) atoms. The van der Waals surface area contributed by atoms with Gasteiger partial charge in [-0.25, -0.2) is 0 Å². The number of benzene rings is 1. The lowest BCUT2D eigenvalue weighted by Crippen LogP contribution is -2.59. The maximum Gasteiger partial charge on any atom is 0.246 e. The third-order valence-electron chi connectivity index (χ3n) is 2.88. The van der Waals surface area contributed by atoms with E-state index in [1.807, 2.05) is 32.0 Å². The van der Waals surface area contributed by atoms with Crippen LogP contribution in [-0.4, -0.2) is 16.9 Å². The van der Waals surface area contributed by atoms with Gasteiger partial charge in [0.05, 0.1) is 5.69 Å². The molecular formula is C13H14N2O2S. The smallest absolute Gasteiger partial charge is 0.246 e. The lowest BCUT2D eigenvalue weighted by molar-refractivity contribution is -0.135. The van der Waals surface area contributed by atoms with E-state index in [9.17, 15) is 9.59 Å². The Labute approximate surface area is 111 Å². The maximum absolute atomic E-state index is 12.4. The first-order valence-corrected chi connectivity index (χ1v) is 6.17. The molecule has 2 amide bonds. The van der Waals surface area contributed by atoms with Crippen molar-refractivity contribution in [1.29, 1.82) is 0 Å². The first-order valence-electron chi connectivity index (χ1n) is 5.76. The minimum Gasteiger partial charge on any atom is -0.302 e. The highest BCUT2D eigenvalue weighted by molar-refractivity contribution is 7.80. The van der Waals surface area contributed by atoms with Crippen molar-refractivity contribution >= 4 is 34.8 Å². The topological polar surface area (TPSA) is 49.4 Å². The summed E-state index contributed by atoms with van der Waals surface area (Å²) in [6.07, 6.45) is 0. The molecule has 1 fully saturated rings. The minimum atomic E-state index is -0.683. The Morgan fingerprint density at radius 2 is 1.83 bits per heavy atom. The molecular weight excluding hydrogens is 248 g/mol. The van der Waals surface area contributed by atoms with Crippen LogP contribution < -0.4 is 10.2 Å². The average Bonchev–Trinajstić information content (AvgIpc) is 2.28. The molecule has 0 unspecified atom stereocenters. The van der Waals surface area contributed by atoms with Gasteiger partial charge in [-0.3, -0.25) is 14.5 Å². The van der Waals surface area contributed by atoms with E-state index < -0.39 is 5.92 Å². The van der Waals surface area contributed by atoms with Gasteiger partial charge in [0.15, 0.2) is 5.11 Å². The summed E-state index contributed by atoms with van der Waals surface area (Å²) in [4.78, 5) is 25.5. The van der Waals surface area contributed by atoms with Gasteiger partial charge in [-0.15, -0.1) is 0 Å². The van der Waals surface area contributed by atoms with Crippen LogP contribution in [-0.2, 0) is 9.59 Å². The molecule has 1 aliphatic rings. The number of carbonyl (C=O) groups excluding carboxylic acids is 2. The predicted molar refractivity (Wildman–Crippen MR) is 73.0 cm³/mol. The number of amides is 2. The Balaban J connectivity index is 2.39. The van der Waals surface area contributed by atoms with Crippen molar-refractivity contribution < 1.29 is 9.59 Å². The third-order valence-corrected chi connectivity index (χ3v) is 3.17. The van der Waals surface area contributed by atoms with E-state index >= 15 is 0 Å². The van der Waals surface area contributed by atoms with Gasteiger partial charge in [0.25, 0.3) is 0 Å². The fourth-order valence-corrected chi connectivity index (χ4v) is 2.30. The number of rotatable bonds is 2. The van der Waals surface area contributed by atoms with Crippen LogP contribution in [0.1, 0.15) is 13.8 Å². The molecule has 1 aliphatic heterocycles. The number of nitrogens with one attached hydrogen (secondary N) is 1. The van der Waals surface area contributed by atoms with E-state index in [1.54, 1.807) is 12.1 Å². The van der Waals surface area contributed by atoms with Crippen molar-refractivity contribution in [3.63, 3.8) is 0 Å². The highest BCUT2D eigenvalue weighted by Crippen LogP contribution is 2.24. The average molecular weight is 262 g/mol. The number of anilines is 1. The van der Waals surface area contributed by atoms with Crippen molar-refractivity contribution in [2.45, 2.75) is 13.8 Å². The molecule has 1 aromatic carbocycles. The van der Waals surface area contributed by atoms with E-state index in [1.165, 1.54) is 4.90 Å². The quantitative estimate of drug-likeness (QED) is 0.652. The van der Waals surface area contributed by atoms with Crippen LogP contribution in [0.4, 0.5) is 5.69 Å². The van der Waals surface area contributed by atoms with Crippen LogP contribution in [0.25, 0.3) is 0 Å². The van der Waals surface area contributed by atoms with Crippen LogP contribution in [0.5, 0.6) is 0 Å². The van der Waals surface area contributed by atoms with E-state index in [0.29, 0.717) is 5.69 Å². The molecule has 0 saturated carbocycles. The molecule has 0 bridgehead atoms. The van der Waals surface area contributed by atoms with E-state index in [4.69, 9.17) is 12.2 Å². The summed E-state index contributed by atoms with van der Waals surface area (Å²) >= 11 is 5.08. The molecule has 0 spiro atoms. The molecule has 2 rings (SSSR count). The Bertz CT molecular complexity index is 499. The number of nitrogens with zero attached hydrogens (tertiary/aromatic N) is 1. The van der Waals surface area contributed by atoms with Crippen molar-refractivity contribution in [2.75, 3.05) is 4.90 Å². The van der Waals surface area contributed by atoms with Crippen LogP contribution in [0.3, 0.4) is 0 Å². The van der Waals surface area contributed by atoms with E-state index in [0.717, 1.165) is 0 Å². The summed E-state index contributed by atoms with van der Waals surface area (Å²) in [5.41, 5.74) is 0.679. The summed E-state index contributed by atoms with van der Waals surface area (Å²) in [7, 11) is 0. The predicted octanol–water partition coefficient (Wildman–Crippen LogP) is 1.71. The van der Waals surface area contributed by atoms with Gasteiger partial charge in [0.2, 0.25) is 11.8 Å². The third kappa shape index (κ3) is 2.13. The van der Waals surface area contributed by atoms with E-state index in [-0.39, 0.29) is 22.8 Å². The Morgan fingerprint density at radius 3 is 2.39 bits per heavy atom. The van der Waals surface area contributed by atoms with Gasteiger partial charge in [0, 0.05) is 0 Å². The number of thiocarbonyl (C=S) groups is 1. The molecule has 5 heteroatoms. The van der Waals surface area contributed by atoms with Gasteiger partial charge in [-0.2, -0.15) is 0 Å². The first kappa shape index (κ1) is 12.7. The zero-order chi connectivity index (χ0) is 13.3. The summed E-state index contributed by atoms with van der Waals surface area (Å²) in [5, 5.41) is 2.73. The molecule has 0 aromatic heterocycles. The summed E-state index contributed by atoms with van der Waals surface area (Å²) in [5.74, 6) is -1.32. The summed E-state index contributed by atoms with van der Waals surface area (Å²) < 4.78 is 0. The zero-order valence-corrected chi connectivity index (χ0v) is 11.0. The zero-order valence-electron chi connectivity index (χ0n) is 10.2. The number of carbonyl (C=O) groups is 2. The second-order valence-electron chi connectivity index (χ2n) is 4.53. The summed E-state index contributed by atoms with van der Waals surface area (Å²) in [6.45, 7) is 3.69. The van der Waals surface area contributed by atoms with Gasteiger partial charge in [0.1, 0.15) is 5.92 Å². The monoisotopic (exact) mass is 262 g/mol. The molecule has 1 aromatic rings. The lowest BCUT2D eigenvalue weighted by Gasteiger charge is -2.33. The summed E-state index contributed by atoms with van der Waals surface area (Å²) in [6, 6.07) is 9.09. The number of hydrogen-bond donors (Lipinski definition) is 1. The van der Waals surface area contributed by atoms with Crippen LogP contribution >= 0.6 is 12.2 Å². The van der Waals surface area contributed by atoms with Gasteiger partial charge in [-0.1, -0.05) is 32.0 Å². The second-order valence-corrected chi connectivity index (χ2v) is 4.91. The highest BCUT2D eigenvalue weighted by atomic mass is 32.1. The fourth-order valence-electron chi connectivity index (χ4n) is 2.00. The number of para-hydroxylation sites is 1. The normalized spacial score (nSPS) is 20.3. The highest BCUT2D eigenvalue weighted by Gasteiger charge is 2.40. The van der Waals surface area contributed by atoms with Crippen LogP contribution in [0.15, 0.2) is 30.3 Å². The lowest BCUT2D eigenvalue weighted by atomic mass is 9.92. The van der Waals surface area contributed by atoms with Crippen LogP contribution in [0.2, 0.25) is 0 Å². The van der Waals surface area contributed by atoms with Gasteiger partial charge in [-0.05, 0) is 30.3 Å². The maximum atomic E-state index is 12.4. The molecule has 1 saturated heterocycles.